The van der Waals surface area contributed by atoms with E-state index in [0.29, 0.717) is 30.2 Å². The van der Waals surface area contributed by atoms with Gasteiger partial charge in [-0.1, -0.05) is 66.7 Å². The summed E-state index contributed by atoms with van der Waals surface area (Å²) >= 11 is 0. The first-order valence-corrected chi connectivity index (χ1v) is 11.8. The van der Waals surface area contributed by atoms with Crippen LogP contribution in [0, 0.1) is 0 Å². The van der Waals surface area contributed by atoms with Crippen molar-refractivity contribution in [3.63, 3.8) is 0 Å². The maximum Gasteiger partial charge on any atom is 0.305 e. The van der Waals surface area contributed by atoms with Crippen LogP contribution < -0.4 is 14.4 Å². The molecule has 0 saturated carbocycles. The minimum absolute atomic E-state index is 0.00556. The van der Waals surface area contributed by atoms with E-state index in [-0.39, 0.29) is 5.91 Å². The summed E-state index contributed by atoms with van der Waals surface area (Å²) in [4.78, 5) is 21.9. The molecule has 0 aliphatic carbocycles. The Kier molecular flexibility index (Phi) is 5.34. The van der Waals surface area contributed by atoms with Crippen molar-refractivity contribution >= 4 is 11.7 Å². The number of ether oxygens (including phenoxy) is 2. The number of nitrogens with zero attached hydrogens (tertiary/aromatic N) is 3. The van der Waals surface area contributed by atoms with E-state index in [1.165, 1.54) is 0 Å². The number of carbonyl (C=O) groups excluding carboxylic acids is 1. The first-order valence-electron chi connectivity index (χ1n) is 11.8. The standard InChI is InChI=1S/C29H25N3O3/c33-28(32-19-17-31(18-20-32)27-13-7-8-16-30-27)22-14-15-25-26(21-22)35-29(34-25,23-9-3-1-4-10-23)24-11-5-2-6-12-24/h1-16,21H,17-20H2. The smallest absolute Gasteiger partial charge is 0.305 e. The Hall–Kier alpha value is -4.32. The summed E-state index contributed by atoms with van der Waals surface area (Å²) in [6, 6.07) is 31.1. The van der Waals surface area contributed by atoms with Gasteiger partial charge in [-0.3, -0.25) is 4.79 Å². The molecule has 2 aliphatic heterocycles. The summed E-state index contributed by atoms with van der Waals surface area (Å²) in [5, 5.41) is 0. The molecule has 35 heavy (non-hydrogen) atoms. The fourth-order valence-corrected chi connectivity index (χ4v) is 4.72. The number of carbonyl (C=O) groups is 1. The third-order valence-electron chi connectivity index (χ3n) is 6.55. The van der Waals surface area contributed by atoms with Gasteiger partial charge in [-0.15, -0.1) is 0 Å². The lowest BCUT2D eigenvalue weighted by Crippen LogP contribution is -2.49. The Morgan fingerprint density at radius 3 is 1.97 bits per heavy atom. The third-order valence-corrected chi connectivity index (χ3v) is 6.55. The van der Waals surface area contributed by atoms with E-state index < -0.39 is 5.79 Å². The van der Waals surface area contributed by atoms with Gasteiger partial charge in [0, 0.05) is 49.1 Å². The summed E-state index contributed by atoms with van der Waals surface area (Å²) < 4.78 is 13.0. The van der Waals surface area contributed by atoms with Crippen molar-refractivity contribution in [2.45, 2.75) is 5.79 Å². The van der Waals surface area contributed by atoms with Crippen molar-refractivity contribution in [2.24, 2.45) is 0 Å². The molecule has 174 valence electrons. The number of anilines is 1. The molecule has 1 saturated heterocycles. The van der Waals surface area contributed by atoms with Gasteiger partial charge in [-0.2, -0.15) is 0 Å². The lowest BCUT2D eigenvalue weighted by molar-refractivity contribution is -0.0459. The molecule has 3 aromatic carbocycles. The number of hydrogen-bond donors (Lipinski definition) is 0. The zero-order chi connectivity index (χ0) is 23.7. The van der Waals surface area contributed by atoms with Crippen LogP contribution in [0.1, 0.15) is 21.5 Å². The average Bonchev–Trinajstić information content (AvgIpc) is 3.34. The number of fused-ring (bicyclic) bond motifs is 1. The van der Waals surface area contributed by atoms with Crippen molar-refractivity contribution in [2.75, 3.05) is 31.1 Å². The predicted octanol–water partition coefficient (Wildman–Crippen LogP) is 4.72. The quantitative estimate of drug-likeness (QED) is 0.439. The van der Waals surface area contributed by atoms with Crippen LogP contribution in [0.3, 0.4) is 0 Å². The monoisotopic (exact) mass is 463 g/mol. The normalized spacial score (nSPS) is 16.2. The Morgan fingerprint density at radius 2 is 1.34 bits per heavy atom. The van der Waals surface area contributed by atoms with E-state index in [4.69, 9.17) is 9.47 Å². The first kappa shape index (κ1) is 21.2. The number of amides is 1. The van der Waals surface area contributed by atoms with Gasteiger partial charge in [0.15, 0.2) is 11.5 Å². The van der Waals surface area contributed by atoms with Crippen molar-refractivity contribution < 1.29 is 14.3 Å². The maximum absolute atomic E-state index is 13.3. The molecule has 0 atom stereocenters. The van der Waals surface area contributed by atoms with Crippen LogP contribution in [0.15, 0.2) is 103 Å². The molecular formula is C29H25N3O3. The van der Waals surface area contributed by atoms with Crippen LogP contribution in [0.4, 0.5) is 5.82 Å². The second-order valence-electron chi connectivity index (χ2n) is 8.68. The summed E-state index contributed by atoms with van der Waals surface area (Å²) in [6.07, 6.45) is 1.80. The molecule has 6 heteroatoms. The fraction of sp³-hybridized carbons (Fsp3) is 0.172. The number of piperazine rings is 1. The van der Waals surface area contributed by atoms with Crippen molar-refractivity contribution in [3.05, 3.63) is 120 Å². The van der Waals surface area contributed by atoms with Gasteiger partial charge >= 0.3 is 5.79 Å². The second kappa shape index (κ2) is 8.80. The lowest BCUT2D eigenvalue weighted by atomic mass is 9.97. The molecule has 1 aromatic heterocycles. The Bertz CT molecular complexity index is 1280. The molecular weight excluding hydrogens is 438 g/mol. The molecule has 0 radical (unpaired) electrons. The molecule has 0 unspecified atom stereocenters. The number of rotatable bonds is 4. The molecule has 1 amide bonds. The molecule has 3 heterocycles. The number of benzene rings is 3. The molecule has 1 fully saturated rings. The second-order valence-corrected chi connectivity index (χ2v) is 8.68. The van der Waals surface area contributed by atoms with E-state index in [0.717, 1.165) is 30.0 Å². The SMILES string of the molecule is O=C(c1ccc2c(c1)OC(c1ccccc1)(c1ccccc1)O2)N1CCN(c2ccccn2)CC1. The van der Waals surface area contributed by atoms with Crippen LogP contribution in [0.5, 0.6) is 11.5 Å². The van der Waals surface area contributed by atoms with E-state index in [9.17, 15) is 4.79 Å². The van der Waals surface area contributed by atoms with Gasteiger partial charge < -0.3 is 19.3 Å². The topological polar surface area (TPSA) is 54.9 Å². The molecule has 0 spiro atoms. The molecule has 6 nitrogen and oxygen atoms in total. The van der Waals surface area contributed by atoms with E-state index in [1.807, 2.05) is 95.9 Å². The summed E-state index contributed by atoms with van der Waals surface area (Å²) in [6.45, 7) is 2.78. The first-order chi connectivity index (χ1) is 17.2. The van der Waals surface area contributed by atoms with Gasteiger partial charge in [-0.05, 0) is 30.3 Å². The van der Waals surface area contributed by atoms with Gasteiger partial charge in [0.05, 0.1) is 0 Å². The highest BCUT2D eigenvalue weighted by atomic mass is 16.7. The molecule has 4 aromatic rings. The molecule has 6 rings (SSSR count). The number of aromatic nitrogens is 1. The zero-order valence-corrected chi connectivity index (χ0v) is 19.2. The molecule has 2 aliphatic rings. The minimum atomic E-state index is -1.10. The Balaban J connectivity index is 1.24. The van der Waals surface area contributed by atoms with Crippen molar-refractivity contribution in [1.82, 2.24) is 9.88 Å². The molecule has 0 N–H and O–H groups in total. The lowest BCUT2D eigenvalue weighted by Gasteiger charge is -2.35. The van der Waals surface area contributed by atoms with Crippen LogP contribution in [-0.4, -0.2) is 42.0 Å². The van der Waals surface area contributed by atoms with Gasteiger partial charge in [0.1, 0.15) is 5.82 Å². The van der Waals surface area contributed by atoms with E-state index in [2.05, 4.69) is 9.88 Å². The summed E-state index contributed by atoms with van der Waals surface area (Å²) in [7, 11) is 0. The van der Waals surface area contributed by atoms with Crippen molar-refractivity contribution in [1.29, 1.82) is 0 Å². The highest BCUT2D eigenvalue weighted by molar-refractivity contribution is 5.95. The third kappa shape index (κ3) is 3.87. The zero-order valence-electron chi connectivity index (χ0n) is 19.2. The van der Waals surface area contributed by atoms with Crippen LogP contribution in [0.2, 0.25) is 0 Å². The van der Waals surface area contributed by atoms with Crippen LogP contribution in [0.25, 0.3) is 0 Å². The summed E-state index contributed by atoms with van der Waals surface area (Å²) in [5.74, 6) is 1.03. The Morgan fingerprint density at radius 1 is 0.714 bits per heavy atom. The maximum atomic E-state index is 13.3. The van der Waals surface area contributed by atoms with E-state index >= 15 is 0 Å². The highest BCUT2D eigenvalue weighted by Gasteiger charge is 2.45. The average molecular weight is 464 g/mol. The number of pyridine rings is 1. The molecule has 0 bridgehead atoms. The van der Waals surface area contributed by atoms with Gasteiger partial charge in [0.2, 0.25) is 0 Å². The van der Waals surface area contributed by atoms with E-state index in [1.54, 1.807) is 12.3 Å². The Labute approximate surface area is 204 Å². The fourth-order valence-electron chi connectivity index (χ4n) is 4.72. The van der Waals surface area contributed by atoms with Crippen LogP contribution >= 0.6 is 0 Å². The van der Waals surface area contributed by atoms with Gasteiger partial charge in [0.25, 0.3) is 5.91 Å². The largest absolute Gasteiger partial charge is 0.440 e. The summed E-state index contributed by atoms with van der Waals surface area (Å²) in [5.41, 5.74) is 2.37. The minimum Gasteiger partial charge on any atom is -0.440 e. The highest BCUT2D eigenvalue weighted by Crippen LogP contribution is 2.48. The van der Waals surface area contributed by atoms with Gasteiger partial charge in [-0.25, -0.2) is 4.98 Å². The van der Waals surface area contributed by atoms with Crippen molar-refractivity contribution in [3.8, 4) is 11.5 Å². The predicted molar refractivity (Wildman–Crippen MR) is 134 cm³/mol. The van der Waals surface area contributed by atoms with Crippen LogP contribution in [-0.2, 0) is 5.79 Å². The number of hydrogen-bond acceptors (Lipinski definition) is 5.